The molecule has 1 aliphatic carbocycles. The van der Waals surface area contributed by atoms with Gasteiger partial charge in [-0.05, 0) is 31.0 Å². The van der Waals surface area contributed by atoms with E-state index in [2.05, 4.69) is 10.3 Å². The molecule has 110 valence electrons. The van der Waals surface area contributed by atoms with Gasteiger partial charge in [-0.2, -0.15) is 0 Å². The van der Waals surface area contributed by atoms with E-state index in [0.717, 1.165) is 18.7 Å². The van der Waals surface area contributed by atoms with E-state index in [1.165, 1.54) is 0 Å². The number of aliphatic carboxylic acids is 1. The zero-order valence-electron chi connectivity index (χ0n) is 11.2. The summed E-state index contributed by atoms with van der Waals surface area (Å²) in [5.74, 6) is -0.348. The number of carboxylic acids is 1. The van der Waals surface area contributed by atoms with Crippen LogP contribution in [0.3, 0.4) is 0 Å². The SMILES string of the molecule is O=C(O)COCC(=O)Nc1ccc2oc(C3CC3)nc2c1. The first-order valence-corrected chi connectivity index (χ1v) is 6.61. The summed E-state index contributed by atoms with van der Waals surface area (Å²) in [4.78, 5) is 26.3. The number of oxazole rings is 1. The van der Waals surface area contributed by atoms with Gasteiger partial charge in [-0.25, -0.2) is 9.78 Å². The molecule has 0 aliphatic heterocycles. The molecule has 0 unspecified atom stereocenters. The number of hydrogen-bond donors (Lipinski definition) is 2. The first-order chi connectivity index (χ1) is 10.1. The van der Waals surface area contributed by atoms with Crippen molar-refractivity contribution < 1.29 is 23.8 Å². The molecule has 1 aromatic heterocycles. The lowest BCUT2D eigenvalue weighted by molar-refractivity contribution is -0.143. The van der Waals surface area contributed by atoms with E-state index in [0.29, 0.717) is 22.7 Å². The number of ether oxygens (including phenoxy) is 1. The van der Waals surface area contributed by atoms with Crippen molar-refractivity contribution in [2.45, 2.75) is 18.8 Å². The minimum atomic E-state index is -1.11. The molecule has 1 amide bonds. The highest BCUT2D eigenvalue weighted by Crippen LogP contribution is 2.40. The molecule has 7 heteroatoms. The maximum Gasteiger partial charge on any atom is 0.329 e. The number of rotatable bonds is 6. The Morgan fingerprint density at radius 3 is 2.90 bits per heavy atom. The highest BCUT2D eigenvalue weighted by Gasteiger charge is 2.28. The Kier molecular flexibility index (Phi) is 3.57. The smallest absolute Gasteiger partial charge is 0.329 e. The number of hydrogen-bond acceptors (Lipinski definition) is 5. The van der Waals surface area contributed by atoms with Crippen molar-refractivity contribution in [1.82, 2.24) is 4.98 Å². The maximum atomic E-state index is 11.6. The van der Waals surface area contributed by atoms with Gasteiger partial charge in [-0.3, -0.25) is 4.79 Å². The molecule has 3 rings (SSSR count). The number of amides is 1. The second-order valence-electron chi connectivity index (χ2n) is 4.94. The van der Waals surface area contributed by atoms with Crippen LogP contribution in [0, 0.1) is 0 Å². The van der Waals surface area contributed by atoms with Crippen LogP contribution in [-0.2, 0) is 14.3 Å². The predicted octanol–water partition coefficient (Wildman–Crippen LogP) is 1.74. The number of nitrogens with one attached hydrogen (secondary N) is 1. The molecule has 1 heterocycles. The van der Waals surface area contributed by atoms with Crippen molar-refractivity contribution in [3.05, 3.63) is 24.1 Å². The minimum Gasteiger partial charge on any atom is -0.480 e. The second-order valence-corrected chi connectivity index (χ2v) is 4.94. The normalized spacial score (nSPS) is 14.3. The molecule has 2 N–H and O–H groups in total. The molecule has 21 heavy (non-hydrogen) atoms. The van der Waals surface area contributed by atoms with Crippen LogP contribution in [0.2, 0.25) is 0 Å². The number of fused-ring (bicyclic) bond motifs is 1. The number of anilines is 1. The molecule has 1 aromatic carbocycles. The second kappa shape index (κ2) is 5.53. The van der Waals surface area contributed by atoms with E-state index in [4.69, 9.17) is 14.3 Å². The highest BCUT2D eigenvalue weighted by atomic mass is 16.5. The highest BCUT2D eigenvalue weighted by molar-refractivity contribution is 5.93. The van der Waals surface area contributed by atoms with Gasteiger partial charge in [0.05, 0.1) is 0 Å². The first-order valence-electron chi connectivity index (χ1n) is 6.61. The van der Waals surface area contributed by atoms with E-state index in [9.17, 15) is 9.59 Å². The van der Waals surface area contributed by atoms with Crippen LogP contribution < -0.4 is 5.32 Å². The summed E-state index contributed by atoms with van der Waals surface area (Å²) in [5, 5.41) is 11.0. The molecule has 0 spiro atoms. The summed E-state index contributed by atoms with van der Waals surface area (Å²) < 4.78 is 10.3. The monoisotopic (exact) mass is 290 g/mol. The third kappa shape index (κ3) is 3.38. The van der Waals surface area contributed by atoms with E-state index < -0.39 is 18.5 Å². The van der Waals surface area contributed by atoms with Crippen LogP contribution in [-0.4, -0.2) is 35.2 Å². The summed E-state index contributed by atoms with van der Waals surface area (Å²) in [5.41, 5.74) is 1.96. The predicted molar refractivity (Wildman–Crippen MR) is 73.1 cm³/mol. The zero-order valence-corrected chi connectivity index (χ0v) is 11.2. The van der Waals surface area contributed by atoms with Crippen LogP contribution in [0.5, 0.6) is 0 Å². The van der Waals surface area contributed by atoms with Crippen LogP contribution in [0.15, 0.2) is 22.6 Å². The number of carbonyl (C=O) groups is 2. The topological polar surface area (TPSA) is 102 Å². The molecule has 0 bridgehead atoms. The first kappa shape index (κ1) is 13.6. The lowest BCUT2D eigenvalue weighted by Crippen LogP contribution is -2.20. The lowest BCUT2D eigenvalue weighted by atomic mass is 10.3. The van der Waals surface area contributed by atoms with Crippen molar-refractivity contribution in [3.63, 3.8) is 0 Å². The van der Waals surface area contributed by atoms with Gasteiger partial charge in [0, 0.05) is 11.6 Å². The van der Waals surface area contributed by atoms with Crippen LogP contribution in [0.1, 0.15) is 24.7 Å². The molecule has 7 nitrogen and oxygen atoms in total. The van der Waals surface area contributed by atoms with Crippen molar-refractivity contribution in [2.24, 2.45) is 0 Å². The van der Waals surface area contributed by atoms with E-state index in [1.54, 1.807) is 18.2 Å². The Morgan fingerprint density at radius 1 is 1.38 bits per heavy atom. The summed E-state index contributed by atoms with van der Waals surface area (Å²) in [6.07, 6.45) is 2.22. The molecular weight excluding hydrogens is 276 g/mol. The molecule has 2 aromatic rings. The third-order valence-corrected chi connectivity index (χ3v) is 3.07. The quantitative estimate of drug-likeness (QED) is 0.840. The van der Waals surface area contributed by atoms with Gasteiger partial charge in [0.1, 0.15) is 18.7 Å². The average Bonchev–Trinajstić information content (AvgIpc) is 3.18. The van der Waals surface area contributed by atoms with Crippen molar-refractivity contribution in [3.8, 4) is 0 Å². The van der Waals surface area contributed by atoms with Crippen molar-refractivity contribution in [1.29, 1.82) is 0 Å². The fourth-order valence-electron chi connectivity index (χ4n) is 1.96. The van der Waals surface area contributed by atoms with Gasteiger partial charge < -0.3 is 19.6 Å². The van der Waals surface area contributed by atoms with Gasteiger partial charge in [0.2, 0.25) is 5.91 Å². The van der Waals surface area contributed by atoms with E-state index in [1.807, 2.05) is 0 Å². The molecular formula is C14H14N2O5. The Morgan fingerprint density at radius 2 is 2.19 bits per heavy atom. The van der Waals surface area contributed by atoms with Gasteiger partial charge in [0.15, 0.2) is 11.5 Å². The number of carbonyl (C=O) groups excluding carboxylic acids is 1. The summed E-state index contributed by atoms with van der Waals surface area (Å²) in [6.45, 7) is -0.809. The Labute approximate surface area is 119 Å². The number of carboxylic acid groups (broad SMARTS) is 1. The molecule has 0 atom stereocenters. The number of benzene rings is 1. The third-order valence-electron chi connectivity index (χ3n) is 3.07. The molecule has 1 fully saturated rings. The Hall–Kier alpha value is -2.41. The van der Waals surface area contributed by atoms with Crippen molar-refractivity contribution >= 4 is 28.7 Å². The average molecular weight is 290 g/mol. The molecule has 1 aliphatic rings. The van der Waals surface area contributed by atoms with E-state index >= 15 is 0 Å². The summed E-state index contributed by atoms with van der Waals surface area (Å²) in [7, 11) is 0. The lowest BCUT2D eigenvalue weighted by Gasteiger charge is -2.04. The van der Waals surface area contributed by atoms with Gasteiger partial charge in [-0.1, -0.05) is 0 Å². The van der Waals surface area contributed by atoms with Crippen LogP contribution in [0.25, 0.3) is 11.1 Å². The molecule has 0 radical (unpaired) electrons. The van der Waals surface area contributed by atoms with Crippen LogP contribution >= 0.6 is 0 Å². The summed E-state index contributed by atoms with van der Waals surface area (Å²) >= 11 is 0. The summed E-state index contributed by atoms with van der Waals surface area (Å²) in [6, 6.07) is 5.18. The zero-order chi connectivity index (χ0) is 14.8. The van der Waals surface area contributed by atoms with Crippen molar-refractivity contribution in [2.75, 3.05) is 18.5 Å². The minimum absolute atomic E-state index is 0.309. The van der Waals surface area contributed by atoms with E-state index in [-0.39, 0.29) is 6.61 Å². The fourth-order valence-corrected chi connectivity index (χ4v) is 1.96. The Balaban J connectivity index is 1.63. The van der Waals surface area contributed by atoms with Gasteiger partial charge >= 0.3 is 5.97 Å². The molecule has 1 saturated carbocycles. The number of aromatic nitrogens is 1. The standard InChI is InChI=1S/C14H14N2O5/c17-12(6-20-7-13(18)19)15-9-3-4-11-10(5-9)16-14(21-11)8-1-2-8/h3-5,8H,1-2,6-7H2,(H,15,17)(H,18,19). The van der Waals surface area contributed by atoms with Gasteiger partial charge in [-0.15, -0.1) is 0 Å². The largest absolute Gasteiger partial charge is 0.480 e. The number of nitrogens with zero attached hydrogens (tertiary/aromatic N) is 1. The van der Waals surface area contributed by atoms with Crippen LogP contribution in [0.4, 0.5) is 5.69 Å². The Bertz CT molecular complexity index is 690. The maximum absolute atomic E-state index is 11.6. The molecule has 0 saturated heterocycles. The fraction of sp³-hybridized carbons (Fsp3) is 0.357. The van der Waals surface area contributed by atoms with Gasteiger partial charge in [0.25, 0.3) is 0 Å².